The number of hydrogen-bond donors (Lipinski definition) is 0. The summed E-state index contributed by atoms with van der Waals surface area (Å²) in [4.78, 5) is 13.2. The van der Waals surface area contributed by atoms with Crippen molar-refractivity contribution < 1.29 is 18.1 Å². The second kappa shape index (κ2) is 3.33. The van der Waals surface area contributed by atoms with Gasteiger partial charge in [-0.1, -0.05) is 0 Å². The lowest BCUT2D eigenvalue weighted by Gasteiger charge is -1.85. The molecule has 0 amide bonds. The van der Waals surface area contributed by atoms with Gasteiger partial charge in [-0.15, -0.1) is 3.89 Å². The predicted molar refractivity (Wildman–Crippen MR) is 32.8 cm³/mol. The average molecular weight is 180 g/mol. The Morgan fingerprint density at radius 2 is 2.55 bits per heavy atom. The highest BCUT2D eigenvalue weighted by molar-refractivity contribution is 7.92. The molecular formula is C4H2F2N2O2S. The highest BCUT2D eigenvalue weighted by atomic mass is 32.2. The Hall–Kier alpha value is -1.11. The Morgan fingerprint density at radius 1 is 1.82 bits per heavy atom. The summed E-state index contributed by atoms with van der Waals surface area (Å²) in [6.07, 6.45) is 2.00. The summed E-state index contributed by atoms with van der Waals surface area (Å²) < 4.78 is 23.6. The van der Waals surface area contributed by atoms with E-state index in [0.29, 0.717) is 0 Å². The molecule has 1 aromatic heterocycles. The van der Waals surface area contributed by atoms with Crippen LogP contribution in [0.15, 0.2) is 12.4 Å². The van der Waals surface area contributed by atoms with Crippen molar-refractivity contribution in [2.45, 2.75) is 0 Å². The molecule has 7 heteroatoms. The van der Waals surface area contributed by atoms with Gasteiger partial charge in [0.15, 0.2) is 12.3 Å². The van der Waals surface area contributed by atoms with E-state index < -0.39 is 5.97 Å². The first kappa shape index (κ1) is 7.99. The SMILES string of the molecule is O=C(OF)c1cnn(SF)c1. The Kier molecular flexibility index (Phi) is 2.42. The van der Waals surface area contributed by atoms with Crippen molar-refractivity contribution in [3.05, 3.63) is 18.0 Å². The molecule has 0 saturated heterocycles. The van der Waals surface area contributed by atoms with E-state index in [0.717, 1.165) is 16.5 Å². The molecule has 0 N–H and O–H groups in total. The van der Waals surface area contributed by atoms with Gasteiger partial charge in [0.2, 0.25) is 0 Å². The van der Waals surface area contributed by atoms with E-state index in [2.05, 4.69) is 10.0 Å². The van der Waals surface area contributed by atoms with Gasteiger partial charge in [-0.25, -0.2) is 9.74 Å². The molecule has 0 atom stereocenters. The van der Waals surface area contributed by atoms with Crippen LogP contribution in [-0.4, -0.2) is 15.2 Å². The van der Waals surface area contributed by atoms with Crippen LogP contribution in [0.5, 0.6) is 0 Å². The molecular weight excluding hydrogens is 178 g/mol. The minimum Gasteiger partial charge on any atom is -0.249 e. The quantitative estimate of drug-likeness (QED) is 0.688. The largest absolute Gasteiger partial charge is 0.382 e. The molecule has 0 aliphatic rings. The van der Waals surface area contributed by atoms with Crippen molar-refractivity contribution in [2.75, 3.05) is 0 Å². The smallest absolute Gasteiger partial charge is 0.249 e. The molecule has 0 aliphatic carbocycles. The Morgan fingerprint density at radius 3 is 3.00 bits per heavy atom. The van der Waals surface area contributed by atoms with Gasteiger partial charge < -0.3 is 0 Å². The Bertz CT molecular complexity index is 264. The van der Waals surface area contributed by atoms with Crippen LogP contribution in [0.1, 0.15) is 10.4 Å². The van der Waals surface area contributed by atoms with Gasteiger partial charge in [-0.05, 0) is 0 Å². The lowest BCUT2D eigenvalue weighted by Crippen LogP contribution is -1.95. The summed E-state index contributed by atoms with van der Waals surface area (Å²) in [7, 11) is 0. The van der Waals surface area contributed by atoms with Crippen LogP contribution >= 0.6 is 12.3 Å². The number of nitrogens with zero attached hydrogens (tertiary/aromatic N) is 2. The van der Waals surface area contributed by atoms with E-state index in [9.17, 15) is 13.2 Å². The predicted octanol–water partition coefficient (Wildman–Crippen LogP) is 1.31. The number of carbonyl (C=O) groups is 1. The van der Waals surface area contributed by atoms with Crippen LogP contribution in [0.25, 0.3) is 0 Å². The Labute approximate surface area is 64.5 Å². The number of hydrogen-bond acceptors (Lipinski definition) is 4. The van der Waals surface area contributed by atoms with Gasteiger partial charge in [-0.2, -0.15) is 9.19 Å². The van der Waals surface area contributed by atoms with E-state index in [1.165, 1.54) is 0 Å². The summed E-state index contributed by atoms with van der Waals surface area (Å²) in [5, 5.41) is 3.34. The van der Waals surface area contributed by atoms with E-state index >= 15 is 0 Å². The van der Waals surface area contributed by atoms with E-state index in [1.807, 2.05) is 0 Å². The molecule has 1 rings (SSSR count). The maximum Gasteiger partial charge on any atom is 0.382 e. The van der Waals surface area contributed by atoms with Crippen LogP contribution in [0, 0.1) is 0 Å². The van der Waals surface area contributed by atoms with Gasteiger partial charge in [0, 0.05) is 4.53 Å². The van der Waals surface area contributed by atoms with Gasteiger partial charge >= 0.3 is 5.97 Å². The van der Waals surface area contributed by atoms with Crippen LogP contribution < -0.4 is 0 Å². The second-order valence-electron chi connectivity index (χ2n) is 1.57. The molecule has 1 aromatic rings. The van der Waals surface area contributed by atoms with E-state index in [1.54, 1.807) is 0 Å². The number of rotatable bonds is 2. The topological polar surface area (TPSA) is 44.1 Å². The maximum atomic E-state index is 11.7. The zero-order valence-electron chi connectivity index (χ0n) is 5.03. The molecule has 0 aliphatic heterocycles. The van der Waals surface area contributed by atoms with Gasteiger partial charge in [0.25, 0.3) is 0 Å². The lowest BCUT2D eigenvalue weighted by atomic mass is 10.4. The van der Waals surface area contributed by atoms with Crippen molar-refractivity contribution in [3.63, 3.8) is 0 Å². The number of carbonyl (C=O) groups excluding carboxylic acids is 1. The summed E-state index contributed by atoms with van der Waals surface area (Å²) >= 11 is -0.207. The zero-order valence-corrected chi connectivity index (χ0v) is 5.85. The standard InChI is InChI=1S/C4H2F2N2O2S/c5-10-4(9)3-1-7-8(2-3)11-6/h1-2H. The minimum absolute atomic E-state index is 0.141. The van der Waals surface area contributed by atoms with Crippen molar-refractivity contribution in [1.29, 1.82) is 0 Å². The van der Waals surface area contributed by atoms with Gasteiger partial charge in [-0.3, -0.25) is 0 Å². The molecule has 0 aromatic carbocycles. The van der Waals surface area contributed by atoms with Crippen LogP contribution in [0.2, 0.25) is 0 Å². The molecule has 11 heavy (non-hydrogen) atoms. The second-order valence-corrected chi connectivity index (χ2v) is 2.08. The van der Waals surface area contributed by atoms with Crippen molar-refractivity contribution in [3.8, 4) is 0 Å². The van der Waals surface area contributed by atoms with Crippen LogP contribution in [-0.2, 0) is 4.94 Å². The van der Waals surface area contributed by atoms with Crippen molar-refractivity contribution in [2.24, 2.45) is 0 Å². The third-order valence-corrected chi connectivity index (χ3v) is 1.28. The molecule has 0 fully saturated rings. The molecule has 4 nitrogen and oxygen atoms in total. The summed E-state index contributed by atoms with van der Waals surface area (Å²) in [6, 6.07) is 0. The molecule has 0 spiro atoms. The molecule has 60 valence electrons. The summed E-state index contributed by atoms with van der Waals surface area (Å²) in [5.74, 6) is -1.19. The van der Waals surface area contributed by atoms with Gasteiger partial charge in [0.05, 0.1) is 12.4 Å². The third-order valence-electron chi connectivity index (χ3n) is 0.937. The van der Waals surface area contributed by atoms with Gasteiger partial charge in [0.1, 0.15) is 5.56 Å². The average Bonchev–Trinajstić information content (AvgIpc) is 2.50. The summed E-state index contributed by atoms with van der Waals surface area (Å²) in [6.45, 7) is 0. The summed E-state index contributed by atoms with van der Waals surface area (Å²) in [5.41, 5.74) is -0.141. The minimum atomic E-state index is -1.19. The van der Waals surface area contributed by atoms with E-state index in [-0.39, 0.29) is 17.9 Å². The van der Waals surface area contributed by atoms with Crippen molar-refractivity contribution in [1.82, 2.24) is 9.19 Å². The van der Waals surface area contributed by atoms with Crippen LogP contribution in [0.4, 0.5) is 8.41 Å². The third kappa shape index (κ3) is 1.67. The normalized spacial score (nSPS) is 9.64. The fourth-order valence-corrected chi connectivity index (χ4v) is 0.729. The lowest BCUT2D eigenvalue weighted by molar-refractivity contribution is -0.0788. The monoisotopic (exact) mass is 180 g/mol. The first-order valence-corrected chi connectivity index (χ1v) is 3.12. The van der Waals surface area contributed by atoms with Crippen molar-refractivity contribution >= 4 is 18.3 Å². The zero-order chi connectivity index (χ0) is 8.27. The molecule has 0 unspecified atom stereocenters. The van der Waals surface area contributed by atoms with E-state index in [4.69, 9.17) is 0 Å². The Balaban J connectivity index is 2.80. The first-order chi connectivity index (χ1) is 5.27. The fourth-order valence-electron chi connectivity index (χ4n) is 0.492. The highest BCUT2D eigenvalue weighted by Crippen LogP contribution is 2.08. The maximum absolute atomic E-state index is 11.7. The van der Waals surface area contributed by atoms with Crippen LogP contribution in [0.3, 0.4) is 0 Å². The number of halogens is 2. The molecule has 0 bridgehead atoms. The molecule has 0 saturated carbocycles. The fraction of sp³-hybridized carbons (Fsp3) is 0. The molecule has 0 radical (unpaired) electrons. The molecule has 1 heterocycles. The number of aromatic nitrogens is 2. The highest BCUT2D eigenvalue weighted by Gasteiger charge is 2.10. The first-order valence-electron chi connectivity index (χ1n) is 2.44.